The van der Waals surface area contributed by atoms with Gasteiger partial charge in [-0.25, -0.2) is 9.36 Å². The first kappa shape index (κ1) is 19.6. The van der Waals surface area contributed by atoms with Crippen LogP contribution in [0.1, 0.15) is 24.4 Å². The molecule has 1 N–H and O–H groups in total. The molecule has 0 saturated carbocycles. The Bertz CT molecular complexity index is 1090. The Balaban J connectivity index is 1.87. The lowest BCUT2D eigenvalue weighted by molar-refractivity contribution is -0.119. The number of nitrogens with one attached hydrogen (secondary N) is 1. The average Bonchev–Trinajstić information content (AvgIpc) is 3.00. The van der Waals surface area contributed by atoms with Gasteiger partial charge in [-0.15, -0.1) is 5.10 Å². The van der Waals surface area contributed by atoms with Crippen molar-refractivity contribution in [1.29, 1.82) is 0 Å². The summed E-state index contributed by atoms with van der Waals surface area (Å²) in [6.45, 7) is 5.36. The Hall–Kier alpha value is -3.13. The van der Waals surface area contributed by atoms with Crippen LogP contribution < -0.4 is 15.6 Å². The summed E-state index contributed by atoms with van der Waals surface area (Å²) in [5.41, 5.74) is 1.81. The quantitative estimate of drug-likeness (QED) is 0.709. The molecule has 0 bridgehead atoms. The number of rotatable bonds is 5. The molecule has 1 unspecified atom stereocenters. The molecule has 0 aliphatic heterocycles. The maximum atomic E-state index is 12.6. The van der Waals surface area contributed by atoms with Gasteiger partial charge >= 0.3 is 0 Å². The van der Waals surface area contributed by atoms with Crippen LogP contribution in [-0.4, -0.2) is 32.6 Å². The zero-order valence-electron chi connectivity index (χ0n) is 15.9. The van der Waals surface area contributed by atoms with Gasteiger partial charge in [-0.3, -0.25) is 9.59 Å². The number of methoxy groups -OCH3 is 1. The maximum absolute atomic E-state index is 12.6. The summed E-state index contributed by atoms with van der Waals surface area (Å²) in [5, 5.41) is 11.8. The van der Waals surface area contributed by atoms with E-state index in [1.54, 1.807) is 35.9 Å². The van der Waals surface area contributed by atoms with E-state index >= 15 is 0 Å². The molecule has 146 valence electrons. The number of benzene rings is 1. The fourth-order valence-corrected chi connectivity index (χ4v) is 3.03. The van der Waals surface area contributed by atoms with E-state index in [9.17, 15) is 9.59 Å². The standard InChI is InChI=1S/C19H20ClN5O3/c1-11-9-12(2)24(22-11)17-7-8-18(26)25(23-17)13(3)19(27)21-14-5-6-16(28-4)15(20)10-14/h5-10,13H,1-4H3,(H,21,27). The SMILES string of the molecule is COc1ccc(NC(=O)C(C)n2nc(-n3nc(C)cc3C)ccc2=O)cc1Cl. The first-order chi connectivity index (χ1) is 13.3. The molecule has 2 aromatic heterocycles. The summed E-state index contributed by atoms with van der Waals surface area (Å²) in [6, 6.07) is 8.90. The molecule has 0 radical (unpaired) electrons. The number of ether oxygens (including phenoxy) is 1. The van der Waals surface area contributed by atoms with Gasteiger partial charge in [0.2, 0.25) is 5.91 Å². The molecule has 1 atom stereocenters. The molecule has 3 rings (SSSR count). The maximum Gasteiger partial charge on any atom is 0.267 e. The fraction of sp³-hybridized carbons (Fsp3) is 0.263. The molecule has 1 amide bonds. The molecule has 0 aliphatic carbocycles. The second-order valence-corrected chi connectivity index (χ2v) is 6.73. The van der Waals surface area contributed by atoms with Gasteiger partial charge in [0.05, 0.1) is 17.8 Å². The van der Waals surface area contributed by atoms with E-state index in [1.165, 1.54) is 13.2 Å². The molecule has 0 saturated heterocycles. The predicted molar refractivity (Wildman–Crippen MR) is 106 cm³/mol. The van der Waals surface area contributed by atoms with E-state index in [0.29, 0.717) is 22.3 Å². The third kappa shape index (κ3) is 3.91. The zero-order chi connectivity index (χ0) is 20.4. The number of carbonyl (C=O) groups is 1. The molecule has 8 nitrogen and oxygen atoms in total. The Morgan fingerprint density at radius 3 is 2.54 bits per heavy atom. The molecular weight excluding hydrogens is 382 g/mol. The monoisotopic (exact) mass is 401 g/mol. The molecule has 1 aromatic carbocycles. The summed E-state index contributed by atoms with van der Waals surface area (Å²) in [6.07, 6.45) is 0. The Morgan fingerprint density at radius 2 is 1.93 bits per heavy atom. The van der Waals surface area contributed by atoms with Crippen molar-refractivity contribution in [2.24, 2.45) is 0 Å². The van der Waals surface area contributed by atoms with Crippen LogP contribution in [0.4, 0.5) is 5.69 Å². The number of amides is 1. The lowest BCUT2D eigenvalue weighted by Crippen LogP contribution is -2.33. The van der Waals surface area contributed by atoms with Gasteiger partial charge < -0.3 is 10.1 Å². The molecule has 2 heterocycles. The highest BCUT2D eigenvalue weighted by Crippen LogP contribution is 2.27. The first-order valence-electron chi connectivity index (χ1n) is 8.58. The van der Waals surface area contributed by atoms with E-state index in [4.69, 9.17) is 16.3 Å². The highest BCUT2D eigenvalue weighted by molar-refractivity contribution is 6.32. The van der Waals surface area contributed by atoms with E-state index in [-0.39, 0.29) is 5.56 Å². The normalized spacial score (nSPS) is 11.9. The van der Waals surface area contributed by atoms with E-state index < -0.39 is 11.9 Å². The lowest BCUT2D eigenvalue weighted by Gasteiger charge is -2.15. The van der Waals surface area contributed by atoms with E-state index in [0.717, 1.165) is 16.1 Å². The minimum atomic E-state index is -0.842. The van der Waals surface area contributed by atoms with Gasteiger partial charge in [-0.1, -0.05) is 11.6 Å². The molecule has 28 heavy (non-hydrogen) atoms. The number of nitrogens with zero attached hydrogens (tertiary/aromatic N) is 4. The van der Waals surface area contributed by atoms with Crippen LogP contribution >= 0.6 is 11.6 Å². The van der Waals surface area contributed by atoms with Crippen LogP contribution in [0.5, 0.6) is 5.75 Å². The van der Waals surface area contributed by atoms with Crippen molar-refractivity contribution < 1.29 is 9.53 Å². The lowest BCUT2D eigenvalue weighted by atomic mass is 10.2. The van der Waals surface area contributed by atoms with Crippen molar-refractivity contribution in [2.45, 2.75) is 26.8 Å². The van der Waals surface area contributed by atoms with Crippen LogP contribution in [-0.2, 0) is 4.79 Å². The summed E-state index contributed by atoms with van der Waals surface area (Å²) in [5.74, 6) is 0.557. The summed E-state index contributed by atoms with van der Waals surface area (Å²) in [7, 11) is 1.51. The second-order valence-electron chi connectivity index (χ2n) is 6.33. The van der Waals surface area contributed by atoms with Crippen molar-refractivity contribution in [3.63, 3.8) is 0 Å². The van der Waals surface area contributed by atoms with E-state index in [2.05, 4.69) is 15.5 Å². The van der Waals surface area contributed by atoms with Gasteiger partial charge in [0.1, 0.15) is 11.8 Å². The zero-order valence-corrected chi connectivity index (χ0v) is 16.7. The molecule has 0 aliphatic rings. The minimum absolute atomic E-state index is 0.370. The topological polar surface area (TPSA) is 91.0 Å². The molecule has 0 fully saturated rings. The summed E-state index contributed by atoms with van der Waals surface area (Å²) >= 11 is 6.09. The number of carbonyl (C=O) groups excluding carboxylic acids is 1. The van der Waals surface area contributed by atoms with Gasteiger partial charge in [-0.05, 0) is 51.1 Å². The van der Waals surface area contributed by atoms with Crippen molar-refractivity contribution in [3.05, 3.63) is 63.2 Å². The number of hydrogen-bond acceptors (Lipinski definition) is 5. The Morgan fingerprint density at radius 1 is 1.18 bits per heavy atom. The Labute approximate surface area is 166 Å². The van der Waals surface area contributed by atoms with Gasteiger partial charge in [0, 0.05) is 17.4 Å². The van der Waals surface area contributed by atoms with Gasteiger partial charge in [-0.2, -0.15) is 5.10 Å². The van der Waals surface area contributed by atoms with Crippen LogP contribution in [0.25, 0.3) is 5.82 Å². The van der Waals surface area contributed by atoms with Crippen LogP contribution in [0, 0.1) is 13.8 Å². The highest BCUT2D eigenvalue weighted by atomic mass is 35.5. The van der Waals surface area contributed by atoms with Crippen molar-refractivity contribution in [2.75, 3.05) is 12.4 Å². The summed E-state index contributed by atoms with van der Waals surface area (Å²) < 4.78 is 7.85. The molecule has 9 heteroatoms. The van der Waals surface area contributed by atoms with E-state index in [1.807, 2.05) is 19.9 Å². The fourth-order valence-electron chi connectivity index (χ4n) is 2.77. The van der Waals surface area contributed by atoms with Crippen LogP contribution in [0.2, 0.25) is 5.02 Å². The number of hydrogen-bond donors (Lipinski definition) is 1. The van der Waals surface area contributed by atoms with Gasteiger partial charge in [0.15, 0.2) is 5.82 Å². The van der Waals surface area contributed by atoms with Gasteiger partial charge in [0.25, 0.3) is 5.56 Å². The average molecular weight is 402 g/mol. The van der Waals surface area contributed by atoms with Crippen LogP contribution in [0.15, 0.2) is 41.2 Å². The first-order valence-corrected chi connectivity index (χ1v) is 8.96. The molecule has 0 spiro atoms. The third-order valence-corrected chi connectivity index (χ3v) is 4.50. The number of aryl methyl sites for hydroxylation is 2. The van der Waals surface area contributed by atoms with Crippen molar-refractivity contribution >= 4 is 23.2 Å². The van der Waals surface area contributed by atoms with Crippen molar-refractivity contribution in [3.8, 4) is 11.6 Å². The number of aromatic nitrogens is 4. The summed E-state index contributed by atoms with van der Waals surface area (Å²) in [4.78, 5) is 24.9. The number of anilines is 1. The second kappa shape index (κ2) is 7.85. The minimum Gasteiger partial charge on any atom is -0.495 e. The van der Waals surface area contributed by atoms with Crippen molar-refractivity contribution in [1.82, 2.24) is 19.6 Å². The van der Waals surface area contributed by atoms with Crippen LogP contribution in [0.3, 0.4) is 0 Å². The molecular formula is C19H20ClN5O3. The predicted octanol–water partition coefficient (Wildman–Crippen LogP) is 2.91. The Kier molecular flexibility index (Phi) is 5.51. The third-order valence-electron chi connectivity index (χ3n) is 4.20. The largest absolute Gasteiger partial charge is 0.495 e. The highest BCUT2D eigenvalue weighted by Gasteiger charge is 2.19. The smallest absolute Gasteiger partial charge is 0.267 e. The number of halogens is 1. The molecule has 3 aromatic rings.